The zero-order valence-corrected chi connectivity index (χ0v) is 14.7. The monoisotopic (exact) mass is 351 g/mol. The van der Waals surface area contributed by atoms with Gasteiger partial charge in [-0.1, -0.05) is 42.5 Å². The van der Waals surface area contributed by atoms with Crippen molar-refractivity contribution in [1.82, 2.24) is 10.6 Å². The molecular formula is C20H21N3O3. The average Bonchev–Trinajstić information content (AvgIpc) is 2.63. The zero-order valence-electron chi connectivity index (χ0n) is 14.7. The van der Waals surface area contributed by atoms with Crippen LogP contribution >= 0.6 is 0 Å². The van der Waals surface area contributed by atoms with Crippen molar-refractivity contribution in [2.75, 3.05) is 12.4 Å². The van der Waals surface area contributed by atoms with Gasteiger partial charge in [-0.2, -0.15) is 0 Å². The van der Waals surface area contributed by atoms with Gasteiger partial charge in [0.1, 0.15) is 5.70 Å². The third-order valence-electron chi connectivity index (χ3n) is 3.52. The smallest absolute Gasteiger partial charge is 0.272 e. The predicted molar refractivity (Wildman–Crippen MR) is 101 cm³/mol. The van der Waals surface area contributed by atoms with Gasteiger partial charge < -0.3 is 16.0 Å². The first-order chi connectivity index (χ1) is 12.5. The molecule has 0 radical (unpaired) electrons. The van der Waals surface area contributed by atoms with Crippen LogP contribution in [0.1, 0.15) is 18.1 Å². The number of anilines is 1. The van der Waals surface area contributed by atoms with E-state index in [1.807, 2.05) is 30.3 Å². The van der Waals surface area contributed by atoms with Crippen LogP contribution in [0.4, 0.5) is 5.69 Å². The molecule has 134 valence electrons. The molecule has 0 aliphatic rings. The minimum atomic E-state index is -0.428. The summed E-state index contributed by atoms with van der Waals surface area (Å²) in [6, 6.07) is 16.2. The molecule has 0 saturated carbocycles. The first kappa shape index (κ1) is 18.9. The fraction of sp³-hybridized carbons (Fsp3) is 0.150. The average molecular weight is 351 g/mol. The molecule has 2 aromatic carbocycles. The Labute approximate surface area is 152 Å². The Morgan fingerprint density at radius 3 is 2.19 bits per heavy atom. The van der Waals surface area contributed by atoms with Gasteiger partial charge in [0, 0.05) is 19.7 Å². The molecule has 0 atom stereocenters. The second-order valence-corrected chi connectivity index (χ2v) is 5.65. The maximum atomic E-state index is 12.5. The highest BCUT2D eigenvalue weighted by atomic mass is 16.2. The number of hydrogen-bond acceptors (Lipinski definition) is 3. The third kappa shape index (κ3) is 5.90. The van der Waals surface area contributed by atoms with Crippen LogP contribution in [0.25, 0.3) is 6.08 Å². The van der Waals surface area contributed by atoms with E-state index < -0.39 is 5.91 Å². The Kier molecular flexibility index (Phi) is 6.68. The molecule has 0 aromatic heterocycles. The van der Waals surface area contributed by atoms with Gasteiger partial charge in [0.2, 0.25) is 11.8 Å². The summed E-state index contributed by atoms with van der Waals surface area (Å²) in [5.74, 6) is -0.841. The fourth-order valence-corrected chi connectivity index (χ4v) is 2.24. The lowest BCUT2D eigenvalue weighted by molar-refractivity contribution is -0.120. The van der Waals surface area contributed by atoms with Crippen LogP contribution in [0.5, 0.6) is 0 Å². The lowest BCUT2D eigenvalue weighted by Gasteiger charge is -2.10. The highest BCUT2D eigenvalue weighted by Gasteiger charge is 2.12. The fourth-order valence-electron chi connectivity index (χ4n) is 2.24. The predicted octanol–water partition coefficient (Wildman–Crippen LogP) is 2.09. The summed E-state index contributed by atoms with van der Waals surface area (Å²) >= 11 is 0. The first-order valence-electron chi connectivity index (χ1n) is 8.13. The number of benzene rings is 2. The van der Waals surface area contributed by atoms with Gasteiger partial charge in [-0.25, -0.2) is 0 Å². The number of carbonyl (C=O) groups excluding carboxylic acids is 3. The summed E-state index contributed by atoms with van der Waals surface area (Å²) in [6.45, 7) is 1.35. The van der Waals surface area contributed by atoms with Gasteiger partial charge >= 0.3 is 0 Å². The van der Waals surface area contributed by atoms with E-state index in [1.165, 1.54) is 6.92 Å². The van der Waals surface area contributed by atoms with Gasteiger partial charge in [-0.3, -0.25) is 14.4 Å². The third-order valence-corrected chi connectivity index (χ3v) is 3.52. The Morgan fingerprint density at radius 2 is 1.62 bits per heavy atom. The van der Waals surface area contributed by atoms with E-state index in [-0.39, 0.29) is 23.9 Å². The molecule has 3 N–H and O–H groups in total. The molecule has 6 heteroatoms. The van der Waals surface area contributed by atoms with Gasteiger partial charge in [-0.05, 0) is 29.3 Å². The molecule has 0 saturated heterocycles. The Balaban J connectivity index is 2.12. The number of hydrogen-bond donors (Lipinski definition) is 3. The quantitative estimate of drug-likeness (QED) is 0.697. The van der Waals surface area contributed by atoms with Crippen LogP contribution in [0.2, 0.25) is 0 Å². The second-order valence-electron chi connectivity index (χ2n) is 5.65. The molecule has 0 aliphatic heterocycles. The van der Waals surface area contributed by atoms with Crippen LogP contribution in [-0.2, 0) is 20.8 Å². The molecule has 26 heavy (non-hydrogen) atoms. The van der Waals surface area contributed by atoms with Crippen molar-refractivity contribution >= 4 is 29.5 Å². The Morgan fingerprint density at radius 1 is 0.962 bits per heavy atom. The van der Waals surface area contributed by atoms with Gasteiger partial charge in [-0.15, -0.1) is 0 Å². The van der Waals surface area contributed by atoms with Crippen molar-refractivity contribution in [1.29, 1.82) is 0 Å². The van der Waals surface area contributed by atoms with E-state index in [2.05, 4.69) is 16.0 Å². The van der Waals surface area contributed by atoms with Gasteiger partial charge in [0.15, 0.2) is 0 Å². The van der Waals surface area contributed by atoms with Crippen LogP contribution in [-0.4, -0.2) is 24.8 Å². The van der Waals surface area contributed by atoms with Crippen LogP contribution in [0, 0.1) is 0 Å². The number of nitrogens with one attached hydrogen (secondary N) is 3. The molecule has 0 fully saturated rings. The first-order valence-corrected chi connectivity index (χ1v) is 8.13. The standard InChI is InChI=1S/C20H21N3O3/c1-14(24)22-18(12-15-6-4-3-5-7-15)20(26)23-17-10-8-16(9-11-17)13-19(25)21-2/h3-12H,13H2,1-2H3,(H,21,25)(H,22,24)(H,23,26)/b18-12-. The highest BCUT2D eigenvalue weighted by molar-refractivity contribution is 6.08. The van der Waals surface area contributed by atoms with Crippen LogP contribution in [0.3, 0.4) is 0 Å². The summed E-state index contributed by atoms with van der Waals surface area (Å²) in [4.78, 5) is 35.3. The van der Waals surface area contributed by atoms with Crippen molar-refractivity contribution in [2.45, 2.75) is 13.3 Å². The summed E-state index contributed by atoms with van der Waals surface area (Å²) in [6.07, 6.45) is 1.88. The maximum Gasteiger partial charge on any atom is 0.272 e. The second kappa shape index (κ2) is 9.17. The van der Waals surface area contributed by atoms with Crippen molar-refractivity contribution in [2.24, 2.45) is 0 Å². The number of amides is 3. The summed E-state index contributed by atoms with van der Waals surface area (Å²) in [5.41, 5.74) is 2.36. The van der Waals surface area contributed by atoms with Gasteiger partial charge in [0.25, 0.3) is 5.91 Å². The zero-order chi connectivity index (χ0) is 18.9. The molecule has 0 heterocycles. The summed E-state index contributed by atoms with van der Waals surface area (Å²) in [7, 11) is 1.58. The minimum absolute atomic E-state index is 0.0828. The lowest BCUT2D eigenvalue weighted by Crippen LogP contribution is -2.29. The van der Waals surface area contributed by atoms with Crippen LogP contribution < -0.4 is 16.0 Å². The lowest BCUT2D eigenvalue weighted by atomic mass is 10.1. The van der Waals surface area contributed by atoms with E-state index in [4.69, 9.17) is 0 Å². The molecular weight excluding hydrogens is 330 g/mol. The van der Waals surface area contributed by atoms with E-state index >= 15 is 0 Å². The molecule has 3 amide bonds. The molecule has 0 unspecified atom stereocenters. The van der Waals surface area contributed by atoms with Crippen molar-refractivity contribution < 1.29 is 14.4 Å². The molecule has 0 aliphatic carbocycles. The highest BCUT2D eigenvalue weighted by Crippen LogP contribution is 2.12. The van der Waals surface area contributed by atoms with Crippen molar-refractivity contribution in [3.05, 3.63) is 71.4 Å². The molecule has 0 spiro atoms. The van der Waals surface area contributed by atoms with E-state index in [0.717, 1.165) is 11.1 Å². The molecule has 2 aromatic rings. The summed E-state index contributed by atoms with van der Waals surface area (Å²) in [5, 5.41) is 7.85. The van der Waals surface area contributed by atoms with Gasteiger partial charge in [0.05, 0.1) is 6.42 Å². The molecule has 6 nitrogen and oxygen atoms in total. The Bertz CT molecular complexity index is 812. The van der Waals surface area contributed by atoms with Crippen LogP contribution in [0.15, 0.2) is 60.3 Å². The number of carbonyl (C=O) groups is 3. The Hall–Kier alpha value is -3.41. The SMILES string of the molecule is CNC(=O)Cc1ccc(NC(=O)/C(=C/c2ccccc2)NC(C)=O)cc1. The largest absolute Gasteiger partial charge is 0.359 e. The van der Waals surface area contributed by atoms with E-state index in [1.54, 1.807) is 37.4 Å². The maximum absolute atomic E-state index is 12.5. The normalized spacial score (nSPS) is 10.8. The number of likely N-dealkylation sites (N-methyl/N-ethyl adjacent to an activating group) is 1. The van der Waals surface area contributed by atoms with Crippen molar-refractivity contribution in [3.63, 3.8) is 0 Å². The minimum Gasteiger partial charge on any atom is -0.359 e. The molecule has 0 bridgehead atoms. The molecule has 2 rings (SSSR count). The van der Waals surface area contributed by atoms with E-state index in [9.17, 15) is 14.4 Å². The van der Waals surface area contributed by atoms with E-state index in [0.29, 0.717) is 5.69 Å². The van der Waals surface area contributed by atoms with Crippen molar-refractivity contribution in [3.8, 4) is 0 Å². The number of rotatable bonds is 6. The topological polar surface area (TPSA) is 87.3 Å². The summed E-state index contributed by atoms with van der Waals surface area (Å²) < 4.78 is 0.